The number of benzene rings is 4. The number of anilines is 2. The SMILES string of the molecule is Nc1ccc(Cc2ccc(CCCCCCCCCc3ccc(Cc4ccc(N)cc4)cc3)cc2)cc1. The van der Waals surface area contributed by atoms with Crippen LogP contribution in [0.3, 0.4) is 0 Å². The Balaban J connectivity index is 1.02. The summed E-state index contributed by atoms with van der Waals surface area (Å²) in [4.78, 5) is 0. The summed E-state index contributed by atoms with van der Waals surface area (Å²) in [6, 6.07) is 34.7. The summed E-state index contributed by atoms with van der Waals surface area (Å²) in [6.07, 6.45) is 13.6. The molecule has 0 saturated heterocycles. The van der Waals surface area contributed by atoms with Gasteiger partial charge in [0.15, 0.2) is 0 Å². The zero-order valence-electron chi connectivity index (χ0n) is 22.2. The number of nitrogens with two attached hydrogens (primary N) is 2. The minimum atomic E-state index is 0.826. The van der Waals surface area contributed by atoms with Crippen molar-refractivity contribution < 1.29 is 0 Å². The molecule has 0 saturated carbocycles. The van der Waals surface area contributed by atoms with Crippen LogP contribution in [0.15, 0.2) is 97.1 Å². The Morgan fingerprint density at radius 3 is 0.865 bits per heavy atom. The molecule has 0 fully saturated rings. The van der Waals surface area contributed by atoms with Gasteiger partial charge in [0.2, 0.25) is 0 Å². The monoisotopic (exact) mass is 490 g/mol. The quantitative estimate of drug-likeness (QED) is 0.137. The Kier molecular flexibility index (Phi) is 10.2. The number of nitrogen functional groups attached to an aromatic ring is 2. The molecule has 0 bridgehead atoms. The number of aryl methyl sites for hydroxylation is 2. The molecular formula is C35H42N2. The second kappa shape index (κ2) is 14.3. The van der Waals surface area contributed by atoms with E-state index in [9.17, 15) is 0 Å². The third-order valence-electron chi connectivity index (χ3n) is 7.25. The summed E-state index contributed by atoms with van der Waals surface area (Å²) in [5, 5.41) is 0. The first-order valence-corrected chi connectivity index (χ1v) is 14.0. The lowest BCUT2D eigenvalue weighted by molar-refractivity contribution is 0.579. The Hall–Kier alpha value is -3.52. The van der Waals surface area contributed by atoms with Gasteiger partial charge in [-0.2, -0.15) is 0 Å². The van der Waals surface area contributed by atoms with Crippen LogP contribution in [0, 0.1) is 0 Å². The Bertz CT molecular complexity index is 1080. The molecule has 0 aliphatic heterocycles. The molecule has 4 N–H and O–H groups in total. The molecule has 4 aromatic carbocycles. The van der Waals surface area contributed by atoms with Crippen molar-refractivity contribution in [2.45, 2.75) is 70.6 Å². The highest BCUT2D eigenvalue weighted by molar-refractivity contribution is 5.41. The van der Waals surface area contributed by atoms with Crippen LogP contribution in [0.2, 0.25) is 0 Å². The highest BCUT2D eigenvalue weighted by Gasteiger charge is 2.01. The number of unbranched alkanes of at least 4 members (excludes halogenated alkanes) is 6. The van der Waals surface area contributed by atoms with Crippen molar-refractivity contribution in [3.8, 4) is 0 Å². The molecule has 2 heteroatoms. The minimum absolute atomic E-state index is 0.826. The van der Waals surface area contributed by atoms with E-state index in [0.717, 1.165) is 24.2 Å². The van der Waals surface area contributed by atoms with Gasteiger partial charge in [-0.15, -0.1) is 0 Å². The summed E-state index contributed by atoms with van der Waals surface area (Å²) >= 11 is 0. The molecule has 192 valence electrons. The van der Waals surface area contributed by atoms with Gasteiger partial charge in [0.1, 0.15) is 0 Å². The van der Waals surface area contributed by atoms with E-state index < -0.39 is 0 Å². The van der Waals surface area contributed by atoms with Crippen molar-refractivity contribution in [1.29, 1.82) is 0 Å². The molecule has 0 radical (unpaired) electrons. The smallest absolute Gasteiger partial charge is 0.0314 e. The van der Waals surface area contributed by atoms with Gasteiger partial charge in [-0.05, 0) is 96.2 Å². The van der Waals surface area contributed by atoms with E-state index >= 15 is 0 Å². The van der Waals surface area contributed by atoms with Crippen molar-refractivity contribution in [3.05, 3.63) is 130 Å². The summed E-state index contributed by atoms with van der Waals surface area (Å²) < 4.78 is 0. The zero-order valence-corrected chi connectivity index (χ0v) is 22.2. The van der Waals surface area contributed by atoms with Gasteiger partial charge in [-0.1, -0.05) is 105 Å². The van der Waals surface area contributed by atoms with Crippen molar-refractivity contribution in [3.63, 3.8) is 0 Å². The van der Waals surface area contributed by atoms with Crippen LogP contribution >= 0.6 is 0 Å². The lowest BCUT2D eigenvalue weighted by atomic mass is 9.99. The van der Waals surface area contributed by atoms with Gasteiger partial charge >= 0.3 is 0 Å². The fourth-order valence-corrected chi connectivity index (χ4v) is 4.93. The number of rotatable bonds is 14. The van der Waals surface area contributed by atoms with E-state index in [1.165, 1.54) is 91.2 Å². The highest BCUT2D eigenvalue weighted by atomic mass is 14.5. The van der Waals surface area contributed by atoms with Gasteiger partial charge in [0, 0.05) is 11.4 Å². The molecule has 0 unspecified atom stereocenters. The van der Waals surface area contributed by atoms with E-state index in [4.69, 9.17) is 11.5 Å². The summed E-state index contributed by atoms with van der Waals surface area (Å²) in [6.45, 7) is 0. The van der Waals surface area contributed by atoms with E-state index in [1.807, 2.05) is 24.3 Å². The van der Waals surface area contributed by atoms with Crippen LogP contribution in [-0.4, -0.2) is 0 Å². The fraction of sp³-hybridized carbons (Fsp3) is 0.314. The van der Waals surface area contributed by atoms with E-state index in [0.29, 0.717) is 0 Å². The van der Waals surface area contributed by atoms with Crippen LogP contribution < -0.4 is 11.5 Å². The van der Waals surface area contributed by atoms with Crippen LogP contribution in [0.5, 0.6) is 0 Å². The van der Waals surface area contributed by atoms with E-state index in [2.05, 4.69) is 72.8 Å². The second-order valence-corrected chi connectivity index (χ2v) is 10.4. The number of hydrogen-bond donors (Lipinski definition) is 2. The van der Waals surface area contributed by atoms with Crippen LogP contribution in [0.4, 0.5) is 11.4 Å². The van der Waals surface area contributed by atoms with Gasteiger partial charge in [0.05, 0.1) is 0 Å². The Labute approximate surface area is 223 Å². The lowest BCUT2D eigenvalue weighted by Gasteiger charge is -2.06. The first-order chi connectivity index (χ1) is 18.1. The average molecular weight is 491 g/mol. The van der Waals surface area contributed by atoms with Gasteiger partial charge in [-0.25, -0.2) is 0 Å². The third kappa shape index (κ3) is 9.46. The summed E-state index contributed by atoms with van der Waals surface area (Å²) in [5.41, 5.74) is 21.5. The normalized spacial score (nSPS) is 11.0. The molecule has 0 amide bonds. The largest absolute Gasteiger partial charge is 0.399 e. The van der Waals surface area contributed by atoms with Crippen LogP contribution in [0.25, 0.3) is 0 Å². The lowest BCUT2D eigenvalue weighted by Crippen LogP contribution is -1.92. The Morgan fingerprint density at radius 1 is 0.297 bits per heavy atom. The summed E-state index contributed by atoms with van der Waals surface area (Å²) in [7, 11) is 0. The van der Waals surface area contributed by atoms with Crippen molar-refractivity contribution in [2.24, 2.45) is 0 Å². The fourth-order valence-electron chi connectivity index (χ4n) is 4.93. The standard InChI is InChI=1S/C35H42N2/c36-34-22-18-32(19-23-34)26-30-14-10-28(11-15-30)8-6-4-2-1-3-5-7-9-29-12-16-31(17-13-29)27-33-20-24-35(37)25-21-33/h10-25H,1-9,26-27,36-37H2. The summed E-state index contributed by atoms with van der Waals surface area (Å²) in [5.74, 6) is 0. The maximum atomic E-state index is 5.78. The van der Waals surface area contributed by atoms with Crippen LogP contribution in [0.1, 0.15) is 78.3 Å². The maximum absolute atomic E-state index is 5.78. The third-order valence-corrected chi connectivity index (χ3v) is 7.25. The highest BCUT2D eigenvalue weighted by Crippen LogP contribution is 2.17. The number of hydrogen-bond acceptors (Lipinski definition) is 2. The van der Waals surface area contributed by atoms with Gasteiger partial charge in [0.25, 0.3) is 0 Å². The predicted octanol–water partition coefficient (Wildman–Crippen LogP) is 8.55. The molecule has 0 aliphatic rings. The topological polar surface area (TPSA) is 52.0 Å². The van der Waals surface area contributed by atoms with E-state index in [1.54, 1.807) is 0 Å². The molecular weight excluding hydrogens is 448 g/mol. The molecule has 0 aliphatic carbocycles. The molecule has 2 nitrogen and oxygen atoms in total. The molecule has 0 spiro atoms. The van der Waals surface area contributed by atoms with Crippen molar-refractivity contribution >= 4 is 11.4 Å². The molecule has 0 aromatic heterocycles. The molecule has 4 rings (SSSR count). The molecule has 0 heterocycles. The molecule has 37 heavy (non-hydrogen) atoms. The maximum Gasteiger partial charge on any atom is 0.0314 e. The van der Waals surface area contributed by atoms with Crippen molar-refractivity contribution in [2.75, 3.05) is 11.5 Å². The van der Waals surface area contributed by atoms with Gasteiger partial charge < -0.3 is 11.5 Å². The zero-order chi connectivity index (χ0) is 25.7. The van der Waals surface area contributed by atoms with Crippen LogP contribution in [-0.2, 0) is 25.7 Å². The Morgan fingerprint density at radius 2 is 0.541 bits per heavy atom. The van der Waals surface area contributed by atoms with Gasteiger partial charge in [-0.3, -0.25) is 0 Å². The predicted molar refractivity (Wildman–Crippen MR) is 160 cm³/mol. The molecule has 4 aromatic rings. The minimum Gasteiger partial charge on any atom is -0.399 e. The van der Waals surface area contributed by atoms with Crippen molar-refractivity contribution in [1.82, 2.24) is 0 Å². The van der Waals surface area contributed by atoms with E-state index in [-0.39, 0.29) is 0 Å². The average Bonchev–Trinajstić information content (AvgIpc) is 2.92. The first kappa shape index (κ1) is 26.5. The first-order valence-electron chi connectivity index (χ1n) is 14.0. The second-order valence-electron chi connectivity index (χ2n) is 10.4. The molecule has 0 atom stereocenters.